The molecule has 0 spiro atoms. The minimum atomic E-state index is -0.264. The van der Waals surface area contributed by atoms with Crippen molar-refractivity contribution in [3.05, 3.63) is 77.0 Å². The zero-order chi connectivity index (χ0) is 17.2. The lowest BCUT2D eigenvalue weighted by Crippen LogP contribution is -2.13. The first-order valence-corrected chi connectivity index (χ1v) is 7.96. The van der Waals surface area contributed by atoms with Crippen LogP contribution < -0.4 is 5.32 Å². The molecule has 1 aliphatic heterocycles. The van der Waals surface area contributed by atoms with E-state index in [0.717, 1.165) is 16.8 Å². The number of rotatable bonds is 3. The van der Waals surface area contributed by atoms with Gasteiger partial charge < -0.3 is 9.73 Å². The molecule has 5 nitrogen and oxygen atoms in total. The van der Waals surface area contributed by atoms with Crippen LogP contribution in [0.1, 0.15) is 11.3 Å². The van der Waals surface area contributed by atoms with E-state index in [2.05, 4.69) is 15.5 Å². The van der Waals surface area contributed by atoms with Crippen LogP contribution in [0.4, 0.5) is 5.69 Å². The molecule has 0 aliphatic carbocycles. The molecule has 0 saturated heterocycles. The van der Waals surface area contributed by atoms with Crippen molar-refractivity contribution in [2.24, 2.45) is 10.2 Å². The summed E-state index contributed by atoms with van der Waals surface area (Å²) in [4.78, 5) is 11.9. The molecule has 122 valence electrons. The first-order chi connectivity index (χ1) is 12.2. The molecule has 4 rings (SSSR count). The van der Waals surface area contributed by atoms with Gasteiger partial charge in [-0.25, -0.2) is 0 Å². The highest BCUT2D eigenvalue weighted by Gasteiger charge is 2.25. The van der Waals surface area contributed by atoms with Gasteiger partial charge in [0.1, 0.15) is 11.5 Å². The summed E-state index contributed by atoms with van der Waals surface area (Å²) >= 11 is 5.88. The SMILES string of the molecule is O=C1Nc2ccccc2/C1=N\N=C/c1ccc(-c2ccc(Cl)cc2)o1. The van der Waals surface area contributed by atoms with Crippen molar-refractivity contribution in [1.29, 1.82) is 0 Å². The maximum Gasteiger partial charge on any atom is 0.276 e. The first kappa shape index (κ1) is 15.4. The van der Waals surface area contributed by atoms with Gasteiger partial charge >= 0.3 is 0 Å². The highest BCUT2D eigenvalue weighted by Crippen LogP contribution is 2.24. The van der Waals surface area contributed by atoms with E-state index in [1.54, 1.807) is 18.2 Å². The van der Waals surface area contributed by atoms with Gasteiger partial charge in [0, 0.05) is 16.1 Å². The van der Waals surface area contributed by atoms with Gasteiger partial charge in [-0.2, -0.15) is 5.10 Å². The average Bonchev–Trinajstić information content (AvgIpc) is 3.21. The van der Waals surface area contributed by atoms with Gasteiger partial charge in [-0.3, -0.25) is 4.79 Å². The summed E-state index contributed by atoms with van der Waals surface area (Å²) < 4.78 is 5.71. The van der Waals surface area contributed by atoms with E-state index in [0.29, 0.717) is 16.5 Å². The number of anilines is 1. The maximum atomic E-state index is 11.9. The molecule has 1 amide bonds. The fraction of sp³-hybridized carbons (Fsp3) is 0. The number of carbonyl (C=O) groups is 1. The molecule has 3 aromatic rings. The molecule has 0 saturated carbocycles. The van der Waals surface area contributed by atoms with E-state index in [-0.39, 0.29) is 11.6 Å². The Bertz CT molecular complexity index is 1000. The van der Waals surface area contributed by atoms with Crippen LogP contribution in [0.15, 0.2) is 75.3 Å². The maximum absolute atomic E-state index is 11.9. The Kier molecular flexibility index (Phi) is 3.91. The van der Waals surface area contributed by atoms with Crippen LogP contribution in [0.3, 0.4) is 0 Å². The molecule has 0 unspecified atom stereocenters. The number of fused-ring (bicyclic) bond motifs is 1. The minimum Gasteiger partial charge on any atom is -0.455 e. The van der Waals surface area contributed by atoms with Gasteiger partial charge in [0.2, 0.25) is 0 Å². The summed E-state index contributed by atoms with van der Waals surface area (Å²) in [6.45, 7) is 0. The fourth-order valence-corrected chi connectivity index (χ4v) is 2.66. The molecular weight excluding hydrogens is 338 g/mol. The second-order valence-corrected chi connectivity index (χ2v) is 5.84. The topological polar surface area (TPSA) is 67.0 Å². The van der Waals surface area contributed by atoms with Gasteiger partial charge in [-0.05, 0) is 42.5 Å². The lowest BCUT2D eigenvalue weighted by Gasteiger charge is -1.96. The summed E-state index contributed by atoms with van der Waals surface area (Å²) in [7, 11) is 0. The van der Waals surface area contributed by atoms with Gasteiger partial charge in [-0.15, -0.1) is 5.10 Å². The lowest BCUT2D eigenvalue weighted by atomic mass is 10.1. The molecule has 2 aromatic carbocycles. The molecule has 0 fully saturated rings. The minimum absolute atomic E-state index is 0.264. The molecule has 0 bridgehead atoms. The van der Waals surface area contributed by atoms with Crippen LogP contribution in [0.5, 0.6) is 0 Å². The summed E-state index contributed by atoms with van der Waals surface area (Å²) in [6.07, 6.45) is 1.47. The van der Waals surface area contributed by atoms with Gasteiger partial charge in [0.05, 0.1) is 11.9 Å². The van der Waals surface area contributed by atoms with Crippen molar-refractivity contribution in [1.82, 2.24) is 0 Å². The number of amides is 1. The van der Waals surface area contributed by atoms with E-state index in [9.17, 15) is 4.79 Å². The third-order valence-electron chi connectivity index (χ3n) is 3.74. The van der Waals surface area contributed by atoms with Crippen LogP contribution >= 0.6 is 11.6 Å². The normalized spacial score (nSPS) is 14.9. The molecule has 1 aliphatic rings. The Balaban J connectivity index is 1.55. The Morgan fingerprint density at radius 3 is 2.64 bits per heavy atom. The highest BCUT2D eigenvalue weighted by atomic mass is 35.5. The van der Waals surface area contributed by atoms with Crippen LogP contribution in [-0.4, -0.2) is 17.8 Å². The van der Waals surface area contributed by atoms with E-state index in [1.165, 1.54) is 6.21 Å². The smallest absolute Gasteiger partial charge is 0.276 e. The van der Waals surface area contributed by atoms with Gasteiger partial charge in [0.25, 0.3) is 5.91 Å². The van der Waals surface area contributed by atoms with Crippen molar-refractivity contribution >= 4 is 35.1 Å². The number of carbonyl (C=O) groups excluding carboxylic acids is 1. The number of furan rings is 1. The second-order valence-electron chi connectivity index (χ2n) is 5.40. The molecule has 6 heteroatoms. The standard InChI is InChI=1S/C19H12ClN3O2/c20-13-7-5-12(6-8-13)17-10-9-14(25-17)11-21-23-18-15-3-1-2-4-16(15)22-19(18)24/h1-11H,(H,22,23,24)/b21-11-. The van der Waals surface area contributed by atoms with E-state index >= 15 is 0 Å². The predicted molar refractivity (Wildman–Crippen MR) is 98.4 cm³/mol. The monoisotopic (exact) mass is 349 g/mol. The quantitative estimate of drug-likeness (QED) is 0.563. The number of nitrogens with one attached hydrogen (secondary N) is 1. The third kappa shape index (κ3) is 3.09. The van der Waals surface area contributed by atoms with E-state index in [4.69, 9.17) is 16.0 Å². The third-order valence-corrected chi connectivity index (χ3v) is 4.00. The first-order valence-electron chi connectivity index (χ1n) is 7.58. The number of para-hydroxylation sites is 1. The Morgan fingerprint density at radius 1 is 1.00 bits per heavy atom. The summed E-state index contributed by atoms with van der Waals surface area (Å²) in [6, 6.07) is 18.3. The van der Waals surface area contributed by atoms with Crippen molar-refractivity contribution in [3.63, 3.8) is 0 Å². The molecular formula is C19H12ClN3O2. The largest absolute Gasteiger partial charge is 0.455 e. The van der Waals surface area contributed by atoms with Crippen LogP contribution in [-0.2, 0) is 4.79 Å². The lowest BCUT2D eigenvalue weighted by molar-refractivity contribution is -0.110. The molecule has 25 heavy (non-hydrogen) atoms. The second kappa shape index (κ2) is 6.37. The van der Waals surface area contributed by atoms with Crippen molar-refractivity contribution in [2.45, 2.75) is 0 Å². The molecule has 0 atom stereocenters. The number of nitrogens with zero attached hydrogens (tertiary/aromatic N) is 2. The van der Waals surface area contributed by atoms with Crippen molar-refractivity contribution in [2.75, 3.05) is 5.32 Å². The zero-order valence-corrected chi connectivity index (χ0v) is 13.7. The zero-order valence-electron chi connectivity index (χ0n) is 12.9. The van der Waals surface area contributed by atoms with Crippen LogP contribution in [0.25, 0.3) is 11.3 Å². The molecule has 0 radical (unpaired) electrons. The van der Waals surface area contributed by atoms with Gasteiger partial charge in [-0.1, -0.05) is 29.8 Å². The summed E-state index contributed by atoms with van der Waals surface area (Å²) in [5.41, 5.74) is 2.69. The Labute approximate surface area is 148 Å². The number of hydrogen-bond donors (Lipinski definition) is 1. The Morgan fingerprint density at radius 2 is 1.80 bits per heavy atom. The number of halogens is 1. The summed E-state index contributed by atoms with van der Waals surface area (Å²) in [5, 5.41) is 11.4. The van der Waals surface area contributed by atoms with Crippen LogP contribution in [0.2, 0.25) is 5.02 Å². The van der Waals surface area contributed by atoms with Crippen molar-refractivity contribution in [3.8, 4) is 11.3 Å². The number of benzene rings is 2. The summed E-state index contributed by atoms with van der Waals surface area (Å²) in [5.74, 6) is 0.982. The highest BCUT2D eigenvalue weighted by molar-refractivity contribution is 6.53. The molecule has 1 N–H and O–H groups in total. The van der Waals surface area contributed by atoms with E-state index in [1.807, 2.05) is 42.5 Å². The average molecular weight is 350 g/mol. The molecule has 2 heterocycles. The van der Waals surface area contributed by atoms with Gasteiger partial charge in [0.15, 0.2) is 5.71 Å². The number of hydrogen-bond acceptors (Lipinski definition) is 4. The van der Waals surface area contributed by atoms with Crippen LogP contribution in [0, 0.1) is 0 Å². The van der Waals surface area contributed by atoms with E-state index < -0.39 is 0 Å². The van der Waals surface area contributed by atoms with Crippen molar-refractivity contribution < 1.29 is 9.21 Å². The Hall–Kier alpha value is -3.18. The predicted octanol–water partition coefficient (Wildman–Crippen LogP) is 4.38. The molecule has 1 aromatic heterocycles. The fourth-order valence-electron chi connectivity index (χ4n) is 2.54.